The fourth-order valence-corrected chi connectivity index (χ4v) is 5.95. The Morgan fingerprint density at radius 1 is 1.17 bits per heavy atom. The van der Waals surface area contributed by atoms with Crippen molar-refractivity contribution >= 4 is 34.4 Å². The Bertz CT molecular complexity index is 1400. The smallest absolute Gasteiger partial charge is 0.172 e. The van der Waals surface area contributed by atoms with Crippen molar-refractivity contribution in [2.75, 3.05) is 12.4 Å². The maximum Gasteiger partial charge on any atom is 0.172 e. The van der Waals surface area contributed by atoms with Gasteiger partial charge in [0.15, 0.2) is 11.5 Å². The molecular formula is C29H29NO4S. The van der Waals surface area contributed by atoms with Gasteiger partial charge in [-0.25, -0.2) is 0 Å². The Balaban J connectivity index is 1.79. The third-order valence-corrected chi connectivity index (χ3v) is 7.29. The summed E-state index contributed by atoms with van der Waals surface area (Å²) in [5.41, 5.74) is 6.43. The first-order valence-corrected chi connectivity index (χ1v) is 12.4. The summed E-state index contributed by atoms with van der Waals surface area (Å²) in [6.45, 7) is 10.2. The van der Waals surface area contributed by atoms with E-state index in [1.807, 2.05) is 17.5 Å². The molecule has 2 aliphatic rings. The van der Waals surface area contributed by atoms with E-state index >= 15 is 0 Å². The lowest BCUT2D eigenvalue weighted by Crippen LogP contribution is -2.32. The molecule has 0 bridgehead atoms. The summed E-state index contributed by atoms with van der Waals surface area (Å²) in [6, 6.07) is 9.41. The highest BCUT2D eigenvalue weighted by molar-refractivity contribution is 7.11. The molecule has 0 spiro atoms. The van der Waals surface area contributed by atoms with Crippen LogP contribution in [0.4, 0.5) is 5.69 Å². The Kier molecular flexibility index (Phi) is 5.74. The number of phenolic OH excluding ortho intramolecular Hbond substituents is 1. The van der Waals surface area contributed by atoms with Crippen molar-refractivity contribution in [1.29, 1.82) is 0 Å². The zero-order valence-corrected chi connectivity index (χ0v) is 21.1. The molecule has 1 aromatic heterocycles. The van der Waals surface area contributed by atoms with E-state index in [4.69, 9.17) is 9.47 Å². The van der Waals surface area contributed by atoms with Gasteiger partial charge in [0.25, 0.3) is 0 Å². The quantitative estimate of drug-likeness (QED) is 0.331. The lowest BCUT2D eigenvalue weighted by Gasteiger charge is -2.35. The number of allylic oxidation sites excluding steroid dienone is 1. The van der Waals surface area contributed by atoms with Crippen molar-refractivity contribution in [3.8, 4) is 28.4 Å². The van der Waals surface area contributed by atoms with E-state index in [0.717, 1.165) is 44.0 Å². The standard InChI is InChI=1S/C29H29NO4S/c1-6-7-20(31)17-12-13-35-24(17)14-23-26-18(27-22(34-23)11-10-21(32)28(27)33-5)8-9-19-25(26)16(2)15-29(3,4)30-19/h6,8-15,20,30-32H,1,7H2,2-5H3/b23-14-. The van der Waals surface area contributed by atoms with Crippen LogP contribution in [-0.2, 0) is 0 Å². The summed E-state index contributed by atoms with van der Waals surface area (Å²) in [4.78, 5) is 0.929. The van der Waals surface area contributed by atoms with Crippen LogP contribution in [0.3, 0.4) is 0 Å². The van der Waals surface area contributed by atoms with Crippen molar-refractivity contribution in [3.05, 3.63) is 76.0 Å². The number of rotatable bonds is 5. The molecule has 0 saturated carbocycles. The molecule has 5 rings (SSSR count). The van der Waals surface area contributed by atoms with Gasteiger partial charge >= 0.3 is 0 Å². The summed E-state index contributed by atoms with van der Waals surface area (Å²) >= 11 is 1.56. The molecule has 0 radical (unpaired) electrons. The van der Waals surface area contributed by atoms with Gasteiger partial charge in [-0.1, -0.05) is 18.2 Å². The average molecular weight is 488 g/mol. The highest BCUT2D eigenvalue weighted by atomic mass is 32.1. The Labute approximate surface area is 209 Å². The molecule has 0 saturated heterocycles. The summed E-state index contributed by atoms with van der Waals surface area (Å²) in [6.07, 6.45) is 5.78. The number of aliphatic hydroxyl groups is 1. The lowest BCUT2D eigenvalue weighted by atomic mass is 9.83. The van der Waals surface area contributed by atoms with Crippen LogP contribution in [0.2, 0.25) is 0 Å². The molecule has 35 heavy (non-hydrogen) atoms. The van der Waals surface area contributed by atoms with Gasteiger partial charge in [-0.3, -0.25) is 0 Å². The fraction of sp³-hybridized carbons (Fsp3) is 0.241. The number of thiophene rings is 1. The zero-order chi connectivity index (χ0) is 24.9. The number of fused-ring (bicyclic) bond motifs is 5. The first-order valence-electron chi connectivity index (χ1n) is 11.6. The van der Waals surface area contributed by atoms with E-state index < -0.39 is 6.10 Å². The number of benzene rings is 2. The van der Waals surface area contributed by atoms with Crippen LogP contribution >= 0.6 is 11.3 Å². The molecule has 0 aliphatic carbocycles. The molecule has 2 aromatic carbocycles. The molecule has 0 amide bonds. The predicted octanol–water partition coefficient (Wildman–Crippen LogP) is 7.24. The van der Waals surface area contributed by atoms with Crippen LogP contribution in [0.15, 0.2) is 54.4 Å². The van der Waals surface area contributed by atoms with Gasteiger partial charge in [-0.2, -0.15) is 0 Å². The molecule has 1 atom stereocenters. The van der Waals surface area contributed by atoms with Crippen molar-refractivity contribution in [1.82, 2.24) is 0 Å². The van der Waals surface area contributed by atoms with Crippen LogP contribution in [0.1, 0.15) is 54.9 Å². The Hall–Kier alpha value is -3.48. The molecule has 6 heteroatoms. The van der Waals surface area contributed by atoms with Crippen LogP contribution < -0.4 is 14.8 Å². The number of aliphatic hydroxyl groups excluding tert-OH is 1. The molecule has 2 aliphatic heterocycles. The van der Waals surface area contributed by atoms with Gasteiger partial charge in [-0.15, -0.1) is 17.9 Å². The van der Waals surface area contributed by atoms with Gasteiger partial charge in [0.1, 0.15) is 11.5 Å². The maximum absolute atomic E-state index is 10.7. The van der Waals surface area contributed by atoms with E-state index in [0.29, 0.717) is 23.7 Å². The minimum Gasteiger partial charge on any atom is -0.504 e. The molecule has 3 N–H and O–H groups in total. The number of aromatic hydroxyl groups is 1. The van der Waals surface area contributed by atoms with Gasteiger partial charge in [-0.05, 0) is 74.1 Å². The van der Waals surface area contributed by atoms with E-state index in [-0.39, 0.29) is 11.3 Å². The molecular weight excluding hydrogens is 458 g/mol. The molecule has 3 heterocycles. The van der Waals surface area contributed by atoms with Gasteiger partial charge in [0.05, 0.1) is 24.3 Å². The van der Waals surface area contributed by atoms with E-state index in [1.165, 1.54) is 0 Å². The van der Waals surface area contributed by atoms with Crippen LogP contribution in [0.5, 0.6) is 17.2 Å². The first kappa shape index (κ1) is 23.3. The van der Waals surface area contributed by atoms with Gasteiger partial charge in [0.2, 0.25) is 0 Å². The summed E-state index contributed by atoms with van der Waals surface area (Å²) in [5.74, 6) is 1.73. The van der Waals surface area contributed by atoms with Gasteiger partial charge < -0.3 is 25.0 Å². The van der Waals surface area contributed by atoms with Crippen molar-refractivity contribution < 1.29 is 19.7 Å². The Morgan fingerprint density at radius 2 is 1.97 bits per heavy atom. The highest BCUT2D eigenvalue weighted by Crippen LogP contribution is 2.54. The highest BCUT2D eigenvalue weighted by Gasteiger charge is 2.33. The molecule has 0 fully saturated rings. The number of nitrogens with one attached hydrogen (secondary N) is 1. The van der Waals surface area contributed by atoms with Crippen molar-refractivity contribution in [2.24, 2.45) is 0 Å². The minimum absolute atomic E-state index is 0.0607. The largest absolute Gasteiger partial charge is 0.504 e. The van der Waals surface area contributed by atoms with Crippen LogP contribution in [0.25, 0.3) is 28.5 Å². The second-order valence-electron chi connectivity index (χ2n) is 9.47. The fourth-order valence-electron chi connectivity index (χ4n) is 5.08. The molecule has 3 aromatic rings. The normalized spacial score (nSPS) is 17.3. The number of methoxy groups -OCH3 is 1. The third kappa shape index (κ3) is 3.93. The molecule has 5 nitrogen and oxygen atoms in total. The number of anilines is 1. The summed E-state index contributed by atoms with van der Waals surface area (Å²) in [7, 11) is 1.55. The second kappa shape index (κ2) is 8.63. The Morgan fingerprint density at radius 3 is 2.71 bits per heavy atom. The second-order valence-corrected chi connectivity index (χ2v) is 10.4. The van der Waals surface area contributed by atoms with Gasteiger partial charge in [0, 0.05) is 27.3 Å². The molecule has 180 valence electrons. The number of hydrogen-bond donors (Lipinski definition) is 3. The minimum atomic E-state index is -0.633. The van der Waals surface area contributed by atoms with E-state index in [9.17, 15) is 10.2 Å². The zero-order valence-electron chi connectivity index (χ0n) is 20.3. The van der Waals surface area contributed by atoms with Crippen LogP contribution in [-0.4, -0.2) is 22.9 Å². The third-order valence-electron chi connectivity index (χ3n) is 6.41. The van der Waals surface area contributed by atoms with E-state index in [2.05, 4.69) is 50.9 Å². The molecule has 1 unspecified atom stereocenters. The van der Waals surface area contributed by atoms with E-state index in [1.54, 1.807) is 36.7 Å². The van der Waals surface area contributed by atoms with Crippen LogP contribution in [0, 0.1) is 0 Å². The topological polar surface area (TPSA) is 71.0 Å². The SMILES string of the molecule is C=CCC(O)c1ccsc1/C=C1\Oc2ccc(O)c(OC)c2-c2ccc3c(c21)C(C)=CC(C)(C)N3. The monoisotopic (exact) mass is 487 g/mol. The van der Waals surface area contributed by atoms with Crippen molar-refractivity contribution in [2.45, 2.75) is 38.8 Å². The lowest BCUT2D eigenvalue weighted by molar-refractivity contribution is 0.182. The number of phenols is 1. The average Bonchev–Trinajstić information content (AvgIpc) is 3.26. The first-order chi connectivity index (χ1) is 16.7. The number of hydrogen-bond acceptors (Lipinski definition) is 6. The van der Waals surface area contributed by atoms with Crippen molar-refractivity contribution in [3.63, 3.8) is 0 Å². The summed E-state index contributed by atoms with van der Waals surface area (Å²) in [5, 5.41) is 26.8. The predicted molar refractivity (Wildman–Crippen MR) is 144 cm³/mol. The number of ether oxygens (including phenoxy) is 2. The maximum atomic E-state index is 10.7. The summed E-state index contributed by atoms with van der Waals surface area (Å²) < 4.78 is 12.1.